The Morgan fingerprint density at radius 1 is 0.963 bits per heavy atom. The molecule has 2 saturated heterocycles. The summed E-state index contributed by atoms with van der Waals surface area (Å²) in [4.78, 5) is 17.2. The number of hydrogen-bond donors (Lipinski definition) is 0. The van der Waals surface area contributed by atoms with Gasteiger partial charge in [-0.2, -0.15) is 0 Å². The van der Waals surface area contributed by atoms with Gasteiger partial charge in [0.05, 0.1) is 6.54 Å². The van der Waals surface area contributed by atoms with Crippen LogP contribution >= 0.6 is 0 Å². The summed E-state index contributed by atoms with van der Waals surface area (Å²) in [6.45, 7) is 8.20. The lowest BCUT2D eigenvalue weighted by molar-refractivity contribution is -0.133. The number of carbonyl (C=O) groups excluding carboxylic acids is 1. The van der Waals surface area contributed by atoms with Crippen LogP contribution in [-0.4, -0.2) is 56.7 Å². The summed E-state index contributed by atoms with van der Waals surface area (Å²) in [6, 6.07) is 0. The third-order valence-corrected chi connectivity index (χ3v) is 6.89. The number of carbonyl (C=O) groups is 1. The van der Waals surface area contributed by atoms with E-state index in [2.05, 4.69) is 31.5 Å². The highest BCUT2D eigenvalue weighted by atomic mass is 16.2. The van der Waals surface area contributed by atoms with Crippen LogP contribution in [0.25, 0.3) is 0 Å². The molecule has 0 radical (unpaired) electrons. The minimum Gasteiger partial charge on any atom is -0.343 e. The first kappa shape index (κ1) is 18.9. The smallest absolute Gasteiger partial charge is 0.222 e. The van der Waals surface area contributed by atoms with Gasteiger partial charge >= 0.3 is 0 Å². The molecule has 0 unspecified atom stereocenters. The van der Waals surface area contributed by atoms with Crippen LogP contribution in [-0.2, 0) is 17.9 Å². The summed E-state index contributed by atoms with van der Waals surface area (Å²) in [7, 11) is 0. The zero-order valence-corrected chi connectivity index (χ0v) is 16.9. The molecule has 3 fully saturated rings. The maximum Gasteiger partial charge on any atom is 0.222 e. The summed E-state index contributed by atoms with van der Waals surface area (Å²) in [5.41, 5.74) is 0. The van der Waals surface area contributed by atoms with E-state index in [-0.39, 0.29) is 0 Å². The number of nitrogens with zero attached hydrogens (tertiary/aromatic N) is 5. The molecule has 1 saturated carbocycles. The Kier molecular flexibility index (Phi) is 6.11. The highest BCUT2D eigenvalue weighted by Gasteiger charge is 2.29. The Bertz CT molecular complexity index is 623. The molecule has 3 heterocycles. The molecule has 1 amide bonds. The highest BCUT2D eigenvalue weighted by molar-refractivity contribution is 5.76. The van der Waals surface area contributed by atoms with Crippen molar-refractivity contribution in [2.24, 2.45) is 5.92 Å². The fraction of sp³-hybridized carbons (Fsp3) is 0.857. The van der Waals surface area contributed by atoms with Crippen LogP contribution < -0.4 is 0 Å². The molecule has 0 N–H and O–H groups in total. The van der Waals surface area contributed by atoms with Crippen LogP contribution in [0, 0.1) is 5.92 Å². The van der Waals surface area contributed by atoms with Gasteiger partial charge in [0.15, 0.2) is 0 Å². The van der Waals surface area contributed by atoms with E-state index < -0.39 is 0 Å². The van der Waals surface area contributed by atoms with Gasteiger partial charge in [-0.15, -0.1) is 10.2 Å². The fourth-order valence-electron chi connectivity index (χ4n) is 5.23. The normalized spacial score (nSPS) is 22.8. The second-order valence-corrected chi connectivity index (χ2v) is 8.71. The molecule has 6 nitrogen and oxygen atoms in total. The summed E-state index contributed by atoms with van der Waals surface area (Å²) in [6.07, 6.45) is 10.6. The van der Waals surface area contributed by atoms with E-state index in [9.17, 15) is 4.79 Å². The first-order chi connectivity index (χ1) is 13.2. The minimum absolute atomic E-state index is 0.382. The molecule has 4 rings (SSSR count). The van der Waals surface area contributed by atoms with Crippen LogP contribution in [0.1, 0.15) is 82.3 Å². The summed E-state index contributed by atoms with van der Waals surface area (Å²) < 4.78 is 2.33. The van der Waals surface area contributed by atoms with Crippen LogP contribution in [0.3, 0.4) is 0 Å². The molecule has 0 spiro atoms. The number of hydrogen-bond acceptors (Lipinski definition) is 4. The van der Waals surface area contributed by atoms with E-state index in [4.69, 9.17) is 0 Å². The first-order valence-corrected chi connectivity index (χ1v) is 11.2. The molecule has 3 aliphatic rings. The fourth-order valence-corrected chi connectivity index (χ4v) is 5.23. The molecule has 27 heavy (non-hydrogen) atoms. The Labute approximate surface area is 163 Å². The van der Waals surface area contributed by atoms with Gasteiger partial charge in [0.2, 0.25) is 5.91 Å². The number of aromatic nitrogens is 3. The number of piperidine rings is 1. The molecule has 0 bridgehead atoms. The second kappa shape index (κ2) is 8.72. The zero-order valence-electron chi connectivity index (χ0n) is 16.9. The van der Waals surface area contributed by atoms with E-state index in [0.29, 0.717) is 17.7 Å². The average molecular weight is 374 g/mol. The average Bonchev–Trinajstić information content (AvgIpc) is 3.44. The lowest BCUT2D eigenvalue weighted by Gasteiger charge is -2.32. The lowest BCUT2D eigenvalue weighted by Crippen LogP contribution is -2.39. The van der Waals surface area contributed by atoms with Crippen LogP contribution in [0.4, 0.5) is 0 Å². The Morgan fingerprint density at radius 2 is 1.67 bits per heavy atom. The number of likely N-dealkylation sites (tertiary alicyclic amines) is 2. The van der Waals surface area contributed by atoms with Gasteiger partial charge < -0.3 is 9.47 Å². The van der Waals surface area contributed by atoms with Gasteiger partial charge in [0.25, 0.3) is 0 Å². The third-order valence-electron chi connectivity index (χ3n) is 6.89. The van der Waals surface area contributed by atoms with Crippen molar-refractivity contribution in [1.82, 2.24) is 24.6 Å². The Hall–Kier alpha value is -1.43. The Balaban J connectivity index is 1.33. The molecular formula is C21H35N5O. The van der Waals surface area contributed by atoms with E-state index in [1.807, 2.05) is 0 Å². The van der Waals surface area contributed by atoms with Crippen molar-refractivity contribution in [3.63, 3.8) is 0 Å². The molecule has 1 aromatic rings. The van der Waals surface area contributed by atoms with Crippen molar-refractivity contribution in [1.29, 1.82) is 0 Å². The van der Waals surface area contributed by atoms with Crippen molar-refractivity contribution < 1.29 is 4.79 Å². The second-order valence-electron chi connectivity index (χ2n) is 8.71. The molecule has 0 atom stereocenters. The van der Waals surface area contributed by atoms with E-state index in [1.165, 1.54) is 51.6 Å². The molecule has 1 aliphatic carbocycles. The predicted octanol–water partition coefficient (Wildman–Crippen LogP) is 3.18. The summed E-state index contributed by atoms with van der Waals surface area (Å²) >= 11 is 0. The summed E-state index contributed by atoms with van der Waals surface area (Å²) in [5.74, 6) is 3.74. The van der Waals surface area contributed by atoms with Crippen LogP contribution in [0.15, 0.2) is 0 Å². The van der Waals surface area contributed by atoms with E-state index in [1.54, 1.807) is 0 Å². The van der Waals surface area contributed by atoms with Crippen molar-refractivity contribution in [3.05, 3.63) is 11.6 Å². The minimum atomic E-state index is 0.382. The van der Waals surface area contributed by atoms with E-state index in [0.717, 1.165) is 57.1 Å². The quantitative estimate of drug-likeness (QED) is 0.768. The highest BCUT2D eigenvalue weighted by Crippen LogP contribution is 2.31. The van der Waals surface area contributed by atoms with Gasteiger partial charge in [0.1, 0.15) is 11.6 Å². The molecule has 2 aliphatic heterocycles. The van der Waals surface area contributed by atoms with Gasteiger partial charge in [-0.05, 0) is 64.5 Å². The first-order valence-electron chi connectivity index (χ1n) is 11.2. The number of rotatable bonds is 6. The van der Waals surface area contributed by atoms with Crippen LogP contribution in [0.2, 0.25) is 0 Å². The lowest BCUT2D eigenvalue weighted by atomic mass is 9.94. The van der Waals surface area contributed by atoms with Gasteiger partial charge in [-0.1, -0.05) is 12.8 Å². The maximum absolute atomic E-state index is 12.6. The third kappa shape index (κ3) is 4.36. The Morgan fingerprint density at radius 3 is 2.33 bits per heavy atom. The molecule has 150 valence electrons. The van der Waals surface area contributed by atoms with Gasteiger partial charge in [0, 0.05) is 32.0 Å². The molecule has 1 aromatic heterocycles. The molecule has 6 heteroatoms. The summed E-state index contributed by atoms with van der Waals surface area (Å²) in [5, 5.41) is 9.13. The van der Waals surface area contributed by atoms with Gasteiger partial charge in [-0.3, -0.25) is 9.69 Å². The van der Waals surface area contributed by atoms with Crippen molar-refractivity contribution in [2.45, 2.75) is 83.7 Å². The zero-order chi connectivity index (χ0) is 18.6. The monoisotopic (exact) mass is 373 g/mol. The van der Waals surface area contributed by atoms with Crippen LogP contribution in [0.5, 0.6) is 0 Å². The topological polar surface area (TPSA) is 54.3 Å². The SMILES string of the molecule is CCn1c(CN2CCCC2)nnc1C1CCN(C(=O)CC2CCCC2)CC1. The number of amides is 1. The predicted molar refractivity (Wildman–Crippen MR) is 105 cm³/mol. The maximum atomic E-state index is 12.6. The van der Waals surface area contributed by atoms with Crippen molar-refractivity contribution in [2.75, 3.05) is 26.2 Å². The van der Waals surface area contributed by atoms with Crippen molar-refractivity contribution >= 4 is 5.91 Å². The van der Waals surface area contributed by atoms with Gasteiger partial charge in [-0.25, -0.2) is 0 Å². The molecular weight excluding hydrogens is 338 g/mol. The van der Waals surface area contributed by atoms with Crippen molar-refractivity contribution in [3.8, 4) is 0 Å². The standard InChI is InChI=1S/C21H35N5O/c1-2-26-19(16-24-11-5-6-12-24)22-23-21(26)18-9-13-25(14-10-18)20(27)15-17-7-3-4-8-17/h17-18H,2-16H2,1H3. The van der Waals surface area contributed by atoms with E-state index >= 15 is 0 Å². The molecule has 0 aromatic carbocycles. The largest absolute Gasteiger partial charge is 0.343 e.